The first kappa shape index (κ1) is 19.8. The lowest BCUT2D eigenvalue weighted by Crippen LogP contribution is -2.49. The summed E-state index contributed by atoms with van der Waals surface area (Å²) in [5.41, 5.74) is -0.800. The molecule has 2 aromatic carbocycles. The first-order chi connectivity index (χ1) is 14.8. The number of pyridine rings is 1. The molecule has 2 aromatic heterocycles. The van der Waals surface area contributed by atoms with Gasteiger partial charge in [0, 0.05) is 31.7 Å². The molecule has 4 aromatic rings. The zero-order chi connectivity index (χ0) is 21.9. The number of anilines is 1. The Labute approximate surface area is 177 Å². The minimum atomic E-state index is -0.867. The maximum absolute atomic E-state index is 15.1. The third kappa shape index (κ3) is 3.14. The molecule has 0 radical (unpaired) electrons. The van der Waals surface area contributed by atoms with Crippen LogP contribution < -0.4 is 21.2 Å². The number of rotatable bonds is 2. The first-order valence-corrected chi connectivity index (χ1v) is 10.5. The molecule has 0 aliphatic carbocycles. The maximum atomic E-state index is 15.1. The van der Waals surface area contributed by atoms with Crippen LogP contribution in [0, 0.1) is 17.5 Å². The van der Waals surface area contributed by atoms with Gasteiger partial charge in [0.15, 0.2) is 0 Å². The van der Waals surface area contributed by atoms with Gasteiger partial charge in [-0.3, -0.25) is 18.5 Å². The highest BCUT2D eigenvalue weighted by Crippen LogP contribution is 2.31. The SMILES string of the molecule is CC1CN(c2cc3c(cc2F)c(=O)c2c(=O)[nH]sc2n3-c2ccc(F)cc2F)CCN1. The summed E-state index contributed by atoms with van der Waals surface area (Å²) >= 11 is 0.871. The van der Waals surface area contributed by atoms with E-state index in [-0.39, 0.29) is 38.5 Å². The van der Waals surface area contributed by atoms with E-state index in [1.807, 2.05) is 11.8 Å². The van der Waals surface area contributed by atoms with Crippen LogP contribution >= 0.6 is 11.5 Å². The summed E-state index contributed by atoms with van der Waals surface area (Å²) in [6.45, 7) is 3.76. The van der Waals surface area contributed by atoms with E-state index in [1.54, 1.807) is 0 Å². The Morgan fingerprint density at radius 1 is 1.06 bits per heavy atom. The number of H-pyrrole nitrogens is 1. The molecule has 0 bridgehead atoms. The molecular weight excluding hydrogens is 429 g/mol. The van der Waals surface area contributed by atoms with E-state index in [0.29, 0.717) is 19.6 Å². The van der Waals surface area contributed by atoms with Gasteiger partial charge in [0.25, 0.3) is 5.56 Å². The summed E-state index contributed by atoms with van der Waals surface area (Å²) in [5, 5.41) is 3.04. The van der Waals surface area contributed by atoms with E-state index >= 15 is 4.39 Å². The van der Waals surface area contributed by atoms with Crippen molar-refractivity contribution in [1.82, 2.24) is 14.3 Å². The van der Waals surface area contributed by atoms with Gasteiger partial charge in [-0.05, 0) is 42.7 Å². The van der Waals surface area contributed by atoms with Crippen LogP contribution in [0.25, 0.3) is 26.8 Å². The third-order valence-electron chi connectivity index (χ3n) is 5.52. The van der Waals surface area contributed by atoms with Gasteiger partial charge >= 0.3 is 0 Å². The number of benzene rings is 2. The van der Waals surface area contributed by atoms with E-state index in [4.69, 9.17) is 0 Å². The topological polar surface area (TPSA) is 70.1 Å². The average molecular weight is 446 g/mol. The van der Waals surface area contributed by atoms with E-state index in [1.165, 1.54) is 16.7 Å². The molecule has 0 spiro atoms. The number of hydrogen-bond acceptors (Lipinski definition) is 5. The van der Waals surface area contributed by atoms with Crippen molar-refractivity contribution >= 4 is 38.3 Å². The fourth-order valence-corrected chi connectivity index (χ4v) is 4.98. The van der Waals surface area contributed by atoms with Crippen LogP contribution in [0.5, 0.6) is 0 Å². The molecule has 160 valence electrons. The number of piperazine rings is 1. The maximum Gasteiger partial charge on any atom is 0.271 e. The summed E-state index contributed by atoms with van der Waals surface area (Å²) in [7, 11) is 0. The van der Waals surface area contributed by atoms with Gasteiger partial charge in [-0.2, -0.15) is 0 Å². The molecule has 0 saturated carbocycles. The van der Waals surface area contributed by atoms with E-state index < -0.39 is 28.4 Å². The zero-order valence-corrected chi connectivity index (χ0v) is 17.2. The van der Waals surface area contributed by atoms with Crippen molar-refractivity contribution in [3.05, 3.63) is 68.4 Å². The van der Waals surface area contributed by atoms with Crippen LogP contribution in [-0.4, -0.2) is 34.6 Å². The molecule has 0 amide bonds. The van der Waals surface area contributed by atoms with Gasteiger partial charge in [-0.1, -0.05) is 0 Å². The van der Waals surface area contributed by atoms with Crippen molar-refractivity contribution < 1.29 is 13.2 Å². The molecule has 31 heavy (non-hydrogen) atoms. The molecule has 1 unspecified atom stereocenters. The predicted molar refractivity (Wildman–Crippen MR) is 115 cm³/mol. The van der Waals surface area contributed by atoms with Gasteiger partial charge in [0.2, 0.25) is 5.43 Å². The fourth-order valence-electron chi connectivity index (χ4n) is 4.11. The number of nitrogens with zero attached hydrogens (tertiary/aromatic N) is 2. The van der Waals surface area contributed by atoms with Crippen molar-refractivity contribution in [2.24, 2.45) is 0 Å². The number of aromatic nitrogens is 2. The number of hydrogen-bond donors (Lipinski definition) is 2. The standard InChI is InChI=1S/C21H17F3N4O2S/c1-10-9-27(5-4-25-10)17-8-16-12(7-14(17)24)19(29)18-20(30)26-31-21(18)28(16)15-3-2-11(22)6-13(15)23/h2-3,6-8,10,25H,4-5,9H2,1H3,(H,26,30). The third-order valence-corrected chi connectivity index (χ3v) is 6.39. The molecule has 1 saturated heterocycles. The highest BCUT2D eigenvalue weighted by Gasteiger charge is 2.24. The Kier molecular flexibility index (Phi) is 4.63. The number of fused-ring (bicyclic) bond motifs is 2. The van der Waals surface area contributed by atoms with E-state index in [0.717, 1.165) is 29.7 Å². The smallest absolute Gasteiger partial charge is 0.271 e. The Morgan fingerprint density at radius 2 is 1.84 bits per heavy atom. The highest BCUT2D eigenvalue weighted by molar-refractivity contribution is 7.12. The highest BCUT2D eigenvalue weighted by atomic mass is 32.1. The second-order valence-electron chi connectivity index (χ2n) is 7.60. The molecule has 2 N–H and O–H groups in total. The summed E-state index contributed by atoms with van der Waals surface area (Å²) in [6, 6.07) is 5.77. The lowest BCUT2D eigenvalue weighted by molar-refractivity contribution is 0.479. The summed E-state index contributed by atoms with van der Waals surface area (Å²) < 4.78 is 47.3. The lowest BCUT2D eigenvalue weighted by atomic mass is 10.1. The molecular formula is C21H17F3N4O2S. The zero-order valence-electron chi connectivity index (χ0n) is 16.3. The average Bonchev–Trinajstić information content (AvgIpc) is 3.11. The summed E-state index contributed by atoms with van der Waals surface area (Å²) in [5.74, 6) is -2.23. The molecule has 1 aliphatic heterocycles. The molecule has 1 aliphatic rings. The summed E-state index contributed by atoms with van der Waals surface area (Å²) in [4.78, 5) is 27.3. The lowest BCUT2D eigenvalue weighted by Gasteiger charge is -2.34. The first-order valence-electron chi connectivity index (χ1n) is 9.68. The van der Waals surface area contributed by atoms with Crippen LogP contribution in [0.3, 0.4) is 0 Å². The Hall–Kier alpha value is -3.11. The van der Waals surface area contributed by atoms with Gasteiger partial charge in [0.05, 0.1) is 22.3 Å². The van der Waals surface area contributed by atoms with Crippen LogP contribution in [0.1, 0.15) is 6.92 Å². The second kappa shape index (κ2) is 7.24. The van der Waals surface area contributed by atoms with Crippen molar-refractivity contribution in [2.75, 3.05) is 24.5 Å². The van der Waals surface area contributed by atoms with Crippen molar-refractivity contribution in [3.63, 3.8) is 0 Å². The normalized spacial score (nSPS) is 17.0. The number of nitrogens with one attached hydrogen (secondary N) is 2. The summed E-state index contributed by atoms with van der Waals surface area (Å²) in [6.07, 6.45) is 0. The molecule has 3 heterocycles. The molecule has 1 atom stereocenters. The molecule has 6 nitrogen and oxygen atoms in total. The minimum Gasteiger partial charge on any atom is -0.366 e. The number of halogens is 3. The number of aromatic amines is 1. The van der Waals surface area contributed by atoms with Crippen molar-refractivity contribution in [2.45, 2.75) is 13.0 Å². The Bertz CT molecular complexity index is 1460. The van der Waals surface area contributed by atoms with E-state index in [2.05, 4.69) is 9.69 Å². The molecule has 5 rings (SSSR count). The van der Waals surface area contributed by atoms with Crippen LogP contribution in [0.4, 0.5) is 18.9 Å². The molecule has 1 fully saturated rings. The minimum absolute atomic E-state index is 0.0436. The monoisotopic (exact) mass is 446 g/mol. The predicted octanol–water partition coefficient (Wildman–Crippen LogP) is 3.11. The Morgan fingerprint density at radius 3 is 2.58 bits per heavy atom. The quantitative estimate of drug-likeness (QED) is 0.497. The van der Waals surface area contributed by atoms with Crippen molar-refractivity contribution in [1.29, 1.82) is 0 Å². The van der Waals surface area contributed by atoms with Crippen LogP contribution in [-0.2, 0) is 0 Å². The van der Waals surface area contributed by atoms with Gasteiger partial charge in [0.1, 0.15) is 27.7 Å². The Balaban J connectivity index is 1.90. The second-order valence-corrected chi connectivity index (χ2v) is 8.39. The fraction of sp³-hybridized carbons (Fsp3) is 0.238. The van der Waals surface area contributed by atoms with E-state index in [9.17, 15) is 18.4 Å². The largest absolute Gasteiger partial charge is 0.366 e. The molecule has 10 heteroatoms. The van der Waals surface area contributed by atoms with Gasteiger partial charge in [-0.25, -0.2) is 13.2 Å². The van der Waals surface area contributed by atoms with Gasteiger partial charge < -0.3 is 10.2 Å². The van der Waals surface area contributed by atoms with Crippen LogP contribution in [0.15, 0.2) is 39.9 Å². The van der Waals surface area contributed by atoms with Gasteiger partial charge in [-0.15, -0.1) is 0 Å². The van der Waals surface area contributed by atoms with Crippen molar-refractivity contribution in [3.8, 4) is 5.69 Å². The van der Waals surface area contributed by atoms with Crippen LogP contribution in [0.2, 0.25) is 0 Å².